The molecule has 1 aromatic carbocycles. The topological polar surface area (TPSA) is 61.4 Å². The molecule has 1 fully saturated rings. The van der Waals surface area contributed by atoms with Gasteiger partial charge in [0.05, 0.1) is 19.8 Å². The molecule has 1 aromatic rings. The number of piperazine rings is 1. The molecule has 1 aliphatic rings. The molecule has 0 aromatic heterocycles. The van der Waals surface area contributed by atoms with E-state index in [4.69, 9.17) is 9.47 Å². The van der Waals surface area contributed by atoms with Gasteiger partial charge in [0.15, 0.2) is 5.96 Å². The third-order valence-electron chi connectivity index (χ3n) is 5.21. The lowest BCUT2D eigenvalue weighted by molar-refractivity contribution is 0.0487. The van der Waals surface area contributed by atoms with E-state index in [1.54, 1.807) is 7.05 Å². The zero-order chi connectivity index (χ0) is 21.3. The largest absolute Gasteiger partial charge is 0.379 e. The fraction of sp³-hybridized carbons (Fsp3) is 0.696. The van der Waals surface area contributed by atoms with E-state index < -0.39 is 0 Å². The van der Waals surface area contributed by atoms with Crippen LogP contribution in [0.4, 0.5) is 0 Å². The summed E-state index contributed by atoms with van der Waals surface area (Å²) in [6.07, 6.45) is 2.29. The molecule has 0 atom stereocenters. The molecule has 0 unspecified atom stereocenters. The van der Waals surface area contributed by atoms with Crippen molar-refractivity contribution < 1.29 is 9.47 Å². The van der Waals surface area contributed by atoms with Crippen LogP contribution in [-0.4, -0.2) is 95.0 Å². The molecule has 1 heterocycles. The lowest BCUT2D eigenvalue weighted by atomic mass is 10.2. The predicted octanol–water partition coefficient (Wildman–Crippen LogP) is 2.42. The molecule has 0 spiro atoms. The minimum absolute atomic E-state index is 0. The molecule has 0 bridgehead atoms. The maximum atomic E-state index is 5.58. The maximum absolute atomic E-state index is 5.58. The van der Waals surface area contributed by atoms with E-state index in [0.717, 1.165) is 71.3 Å². The van der Waals surface area contributed by atoms with Crippen molar-refractivity contribution in [1.29, 1.82) is 0 Å². The third-order valence-corrected chi connectivity index (χ3v) is 5.21. The molecule has 1 saturated heterocycles. The van der Waals surface area contributed by atoms with Gasteiger partial charge in [0.1, 0.15) is 0 Å². The molecule has 2 rings (SSSR count). The monoisotopic (exact) mass is 547 g/mol. The highest BCUT2D eigenvalue weighted by Gasteiger charge is 2.16. The second-order valence-electron chi connectivity index (χ2n) is 7.61. The van der Waals surface area contributed by atoms with Crippen LogP contribution >= 0.6 is 24.0 Å². The van der Waals surface area contributed by atoms with Gasteiger partial charge in [-0.3, -0.25) is 14.8 Å². The van der Waals surface area contributed by atoms with Gasteiger partial charge < -0.3 is 20.1 Å². The number of unbranched alkanes of at least 4 members (excludes halogenated alkanes) is 1. The molecule has 178 valence electrons. The van der Waals surface area contributed by atoms with Crippen molar-refractivity contribution in [3.63, 3.8) is 0 Å². The first-order valence-electron chi connectivity index (χ1n) is 11.4. The van der Waals surface area contributed by atoms with Crippen molar-refractivity contribution >= 4 is 29.9 Å². The highest BCUT2D eigenvalue weighted by molar-refractivity contribution is 14.0. The molecule has 0 aliphatic carbocycles. The number of ether oxygens (including phenoxy) is 2. The lowest BCUT2D eigenvalue weighted by Crippen LogP contribution is -2.49. The van der Waals surface area contributed by atoms with Crippen LogP contribution in [0.25, 0.3) is 0 Å². The summed E-state index contributed by atoms with van der Waals surface area (Å²) in [4.78, 5) is 9.34. The predicted molar refractivity (Wildman–Crippen MR) is 139 cm³/mol. The van der Waals surface area contributed by atoms with Crippen LogP contribution in [0.15, 0.2) is 35.3 Å². The number of benzene rings is 1. The second-order valence-corrected chi connectivity index (χ2v) is 7.61. The first-order valence-corrected chi connectivity index (χ1v) is 11.4. The van der Waals surface area contributed by atoms with Crippen molar-refractivity contribution in [3.8, 4) is 0 Å². The molecule has 0 amide bonds. The van der Waals surface area contributed by atoms with E-state index >= 15 is 0 Å². The molecular formula is C23H42IN5O2. The number of hydrogen-bond acceptors (Lipinski definition) is 5. The number of aliphatic imine (C=N–C) groups is 1. The van der Waals surface area contributed by atoms with E-state index in [1.807, 2.05) is 0 Å². The summed E-state index contributed by atoms with van der Waals surface area (Å²) in [5, 5.41) is 6.70. The number of rotatable bonds is 14. The quantitative estimate of drug-likeness (QED) is 0.162. The summed E-state index contributed by atoms with van der Waals surface area (Å²) in [7, 11) is 1.81. The Morgan fingerprint density at radius 3 is 2.23 bits per heavy atom. The average Bonchev–Trinajstić information content (AvgIpc) is 2.78. The molecule has 8 heteroatoms. The zero-order valence-corrected chi connectivity index (χ0v) is 21.7. The maximum Gasteiger partial charge on any atom is 0.191 e. The van der Waals surface area contributed by atoms with Gasteiger partial charge in [-0.2, -0.15) is 0 Å². The van der Waals surface area contributed by atoms with Crippen molar-refractivity contribution in [3.05, 3.63) is 35.9 Å². The Balaban J connectivity index is 0.00000480. The lowest BCUT2D eigenvalue weighted by Gasteiger charge is -2.34. The van der Waals surface area contributed by atoms with Gasteiger partial charge in [0, 0.05) is 66.0 Å². The molecule has 2 N–H and O–H groups in total. The molecule has 7 nitrogen and oxygen atoms in total. The van der Waals surface area contributed by atoms with Gasteiger partial charge in [0.25, 0.3) is 0 Å². The van der Waals surface area contributed by atoms with Gasteiger partial charge >= 0.3 is 0 Å². The highest BCUT2D eigenvalue weighted by atomic mass is 127. The fourth-order valence-corrected chi connectivity index (χ4v) is 3.38. The molecule has 1 aliphatic heterocycles. The van der Waals surface area contributed by atoms with E-state index in [2.05, 4.69) is 62.7 Å². The number of nitrogens with zero attached hydrogens (tertiary/aromatic N) is 3. The Labute approximate surface area is 206 Å². The molecule has 0 radical (unpaired) electrons. The van der Waals surface area contributed by atoms with Gasteiger partial charge in [-0.05, 0) is 12.0 Å². The van der Waals surface area contributed by atoms with Crippen LogP contribution in [-0.2, 0) is 16.0 Å². The second kappa shape index (κ2) is 18.6. The highest BCUT2D eigenvalue weighted by Crippen LogP contribution is 2.07. The smallest absolute Gasteiger partial charge is 0.191 e. The summed E-state index contributed by atoms with van der Waals surface area (Å²) in [5.41, 5.74) is 1.40. The van der Waals surface area contributed by atoms with Crippen molar-refractivity contribution in [2.75, 3.05) is 79.3 Å². The fourth-order valence-electron chi connectivity index (χ4n) is 3.38. The summed E-state index contributed by atoms with van der Waals surface area (Å²) in [5.74, 6) is 0.834. The summed E-state index contributed by atoms with van der Waals surface area (Å²) < 4.78 is 11.1. The van der Waals surface area contributed by atoms with Crippen LogP contribution in [0.1, 0.15) is 25.3 Å². The van der Waals surface area contributed by atoms with Crippen LogP contribution < -0.4 is 10.6 Å². The van der Waals surface area contributed by atoms with Gasteiger partial charge in [0.2, 0.25) is 0 Å². The first kappa shape index (κ1) is 28.1. The zero-order valence-electron chi connectivity index (χ0n) is 19.4. The van der Waals surface area contributed by atoms with Crippen molar-refractivity contribution in [2.45, 2.75) is 26.3 Å². The van der Waals surface area contributed by atoms with Crippen molar-refractivity contribution in [1.82, 2.24) is 20.4 Å². The minimum atomic E-state index is 0. The third kappa shape index (κ3) is 13.3. The van der Waals surface area contributed by atoms with E-state index in [9.17, 15) is 0 Å². The molecule has 31 heavy (non-hydrogen) atoms. The van der Waals surface area contributed by atoms with Crippen LogP contribution in [0, 0.1) is 0 Å². The Bertz CT molecular complexity index is 568. The van der Waals surface area contributed by atoms with Crippen LogP contribution in [0.2, 0.25) is 0 Å². The SMILES string of the molecule is CCCCOCCOCCNC(=NC)NCCN1CCN(Cc2ccccc2)CC1.I. The number of guanidine groups is 1. The standard InChI is InChI=1S/C23H41N5O2.HI/c1-3-4-17-29-19-20-30-18-11-26-23(24-2)25-10-12-27-13-15-28(16-14-27)21-22-8-6-5-7-9-22;/h5-9H,3-4,10-21H2,1-2H3,(H2,24,25,26);1H. The van der Waals surface area contributed by atoms with Crippen LogP contribution in [0.5, 0.6) is 0 Å². The van der Waals surface area contributed by atoms with E-state index in [-0.39, 0.29) is 24.0 Å². The van der Waals surface area contributed by atoms with Crippen molar-refractivity contribution in [2.24, 2.45) is 4.99 Å². The average molecular weight is 548 g/mol. The summed E-state index contributed by atoms with van der Waals surface area (Å²) in [6.45, 7) is 13.2. The first-order chi connectivity index (χ1) is 14.8. The normalized spacial score (nSPS) is 15.5. The van der Waals surface area contributed by atoms with Gasteiger partial charge in [-0.1, -0.05) is 43.7 Å². The Hall–Kier alpha value is -0.940. The van der Waals surface area contributed by atoms with Gasteiger partial charge in [-0.25, -0.2) is 0 Å². The van der Waals surface area contributed by atoms with E-state index in [0.29, 0.717) is 19.8 Å². The van der Waals surface area contributed by atoms with Crippen LogP contribution in [0.3, 0.4) is 0 Å². The Morgan fingerprint density at radius 1 is 0.903 bits per heavy atom. The minimum Gasteiger partial charge on any atom is -0.379 e. The Kier molecular flexibility index (Phi) is 16.9. The Morgan fingerprint density at radius 2 is 1.55 bits per heavy atom. The number of hydrogen-bond donors (Lipinski definition) is 2. The van der Waals surface area contributed by atoms with E-state index in [1.165, 1.54) is 12.0 Å². The summed E-state index contributed by atoms with van der Waals surface area (Å²) in [6, 6.07) is 10.7. The summed E-state index contributed by atoms with van der Waals surface area (Å²) >= 11 is 0. The number of halogens is 1. The number of nitrogens with one attached hydrogen (secondary N) is 2. The van der Waals surface area contributed by atoms with Gasteiger partial charge in [-0.15, -0.1) is 24.0 Å². The molecule has 0 saturated carbocycles. The molecular weight excluding hydrogens is 505 g/mol.